The Balaban J connectivity index is 1.90. The van der Waals surface area contributed by atoms with Crippen molar-refractivity contribution in [1.82, 2.24) is 10.9 Å². The minimum Gasteiger partial charge on any atom is -0.493 e. The summed E-state index contributed by atoms with van der Waals surface area (Å²) in [7, 11) is 1.51. The van der Waals surface area contributed by atoms with Crippen LogP contribution in [0.5, 0.6) is 11.5 Å². The number of nitrogens with one attached hydrogen (secondary N) is 2. The summed E-state index contributed by atoms with van der Waals surface area (Å²) in [5.74, 6) is 0.883. The highest BCUT2D eigenvalue weighted by Crippen LogP contribution is 2.28. The third-order valence-electron chi connectivity index (χ3n) is 4.14. The number of rotatable bonds is 8. The largest absolute Gasteiger partial charge is 0.493 e. The van der Waals surface area contributed by atoms with Gasteiger partial charge in [-0.3, -0.25) is 20.4 Å². The monoisotopic (exact) mass is 398 g/mol. The van der Waals surface area contributed by atoms with E-state index in [2.05, 4.69) is 24.7 Å². The maximum atomic E-state index is 12.3. The molecule has 2 rings (SSSR count). The Morgan fingerprint density at radius 1 is 0.897 bits per heavy atom. The summed E-state index contributed by atoms with van der Waals surface area (Å²) in [6, 6.07) is 12.8. The van der Waals surface area contributed by atoms with Crippen molar-refractivity contribution in [2.24, 2.45) is 5.92 Å². The molecule has 6 nitrogen and oxygen atoms in total. The molecule has 6 heteroatoms. The molecular formula is C23H30N2O4. The molecule has 0 bridgehead atoms. The topological polar surface area (TPSA) is 76.7 Å². The Morgan fingerprint density at radius 2 is 1.55 bits per heavy atom. The summed E-state index contributed by atoms with van der Waals surface area (Å²) in [5, 5.41) is 0. The van der Waals surface area contributed by atoms with E-state index in [1.807, 2.05) is 38.1 Å². The molecule has 0 unspecified atom stereocenters. The van der Waals surface area contributed by atoms with Gasteiger partial charge in [0, 0.05) is 5.56 Å². The first-order chi connectivity index (χ1) is 13.8. The molecule has 2 N–H and O–H groups in total. The summed E-state index contributed by atoms with van der Waals surface area (Å²) in [6.45, 7) is 8.16. The SMILES string of the molecule is COc1cc(C(=O)NNC(=O)Cc2ccc(CC(C)C)cc2)ccc1OC(C)C. The molecule has 2 aromatic carbocycles. The molecule has 0 spiro atoms. The smallest absolute Gasteiger partial charge is 0.269 e. The number of ether oxygens (including phenoxy) is 2. The number of methoxy groups -OCH3 is 1. The van der Waals surface area contributed by atoms with Gasteiger partial charge in [0.1, 0.15) is 0 Å². The second-order valence-electron chi connectivity index (χ2n) is 7.63. The van der Waals surface area contributed by atoms with Gasteiger partial charge in [0.2, 0.25) is 5.91 Å². The standard InChI is InChI=1S/C23H30N2O4/c1-15(2)12-17-6-8-18(9-7-17)13-22(26)24-25-23(27)19-10-11-20(29-16(3)4)21(14-19)28-5/h6-11,14-16H,12-13H2,1-5H3,(H,24,26)(H,25,27). The Labute approximate surface area is 172 Å². The highest BCUT2D eigenvalue weighted by atomic mass is 16.5. The molecule has 0 aromatic heterocycles. The van der Waals surface area contributed by atoms with E-state index in [-0.39, 0.29) is 18.4 Å². The highest BCUT2D eigenvalue weighted by Gasteiger charge is 2.13. The highest BCUT2D eigenvalue weighted by molar-refractivity contribution is 5.96. The van der Waals surface area contributed by atoms with Gasteiger partial charge in [0.25, 0.3) is 5.91 Å². The maximum absolute atomic E-state index is 12.3. The number of benzene rings is 2. The molecule has 0 aliphatic heterocycles. The fourth-order valence-electron chi connectivity index (χ4n) is 2.85. The molecule has 29 heavy (non-hydrogen) atoms. The average Bonchev–Trinajstić information content (AvgIpc) is 2.67. The van der Waals surface area contributed by atoms with Gasteiger partial charge in [-0.25, -0.2) is 0 Å². The lowest BCUT2D eigenvalue weighted by atomic mass is 10.0. The van der Waals surface area contributed by atoms with Crippen LogP contribution in [0.4, 0.5) is 0 Å². The van der Waals surface area contributed by atoms with E-state index in [1.54, 1.807) is 18.2 Å². The van der Waals surface area contributed by atoms with Crippen molar-refractivity contribution in [2.75, 3.05) is 7.11 Å². The number of carbonyl (C=O) groups excluding carboxylic acids is 2. The summed E-state index contributed by atoms with van der Waals surface area (Å²) >= 11 is 0. The molecule has 0 aliphatic carbocycles. The molecule has 0 atom stereocenters. The molecule has 0 saturated carbocycles. The molecular weight excluding hydrogens is 368 g/mol. The van der Waals surface area contributed by atoms with Crippen molar-refractivity contribution in [3.63, 3.8) is 0 Å². The number of hydrogen-bond acceptors (Lipinski definition) is 4. The zero-order chi connectivity index (χ0) is 21.4. The molecule has 0 saturated heterocycles. The minimum atomic E-state index is -0.431. The Hall–Kier alpha value is -3.02. The van der Waals surface area contributed by atoms with Gasteiger partial charge < -0.3 is 9.47 Å². The number of carbonyl (C=O) groups is 2. The first kappa shape index (κ1) is 22.3. The fraction of sp³-hybridized carbons (Fsp3) is 0.391. The fourth-order valence-corrected chi connectivity index (χ4v) is 2.85. The summed E-state index contributed by atoms with van der Waals surface area (Å²) in [5.41, 5.74) is 7.38. The van der Waals surface area contributed by atoms with Crippen LogP contribution in [0.3, 0.4) is 0 Å². The van der Waals surface area contributed by atoms with Gasteiger partial charge in [0.05, 0.1) is 19.6 Å². The van der Waals surface area contributed by atoms with Crippen LogP contribution in [-0.4, -0.2) is 25.0 Å². The molecule has 0 heterocycles. The molecule has 0 fully saturated rings. The van der Waals surface area contributed by atoms with Gasteiger partial charge >= 0.3 is 0 Å². The van der Waals surface area contributed by atoms with Crippen molar-refractivity contribution >= 4 is 11.8 Å². The zero-order valence-electron chi connectivity index (χ0n) is 17.7. The summed E-state index contributed by atoms with van der Waals surface area (Å²) in [6.07, 6.45) is 1.18. The Bertz CT molecular complexity index is 829. The summed E-state index contributed by atoms with van der Waals surface area (Å²) in [4.78, 5) is 24.5. The van der Waals surface area contributed by atoms with Crippen LogP contribution in [0.1, 0.15) is 49.2 Å². The van der Waals surface area contributed by atoms with Crippen molar-refractivity contribution < 1.29 is 19.1 Å². The van der Waals surface area contributed by atoms with E-state index < -0.39 is 5.91 Å². The second-order valence-corrected chi connectivity index (χ2v) is 7.63. The third kappa shape index (κ3) is 7.14. The predicted octanol–water partition coefficient (Wildman–Crippen LogP) is 3.68. The first-order valence-corrected chi connectivity index (χ1v) is 9.80. The van der Waals surface area contributed by atoms with Gasteiger partial charge in [0.15, 0.2) is 11.5 Å². The Kier molecular flexibility index (Phi) is 8.07. The first-order valence-electron chi connectivity index (χ1n) is 9.80. The van der Waals surface area contributed by atoms with Crippen LogP contribution in [0.25, 0.3) is 0 Å². The van der Waals surface area contributed by atoms with Crippen LogP contribution in [0.15, 0.2) is 42.5 Å². The van der Waals surface area contributed by atoms with Gasteiger partial charge in [-0.1, -0.05) is 38.1 Å². The van der Waals surface area contributed by atoms with Crippen LogP contribution in [-0.2, 0) is 17.6 Å². The Morgan fingerprint density at radius 3 is 2.14 bits per heavy atom. The van der Waals surface area contributed by atoms with Crippen LogP contribution < -0.4 is 20.3 Å². The lowest BCUT2D eigenvalue weighted by Gasteiger charge is -2.14. The summed E-state index contributed by atoms with van der Waals surface area (Å²) < 4.78 is 10.9. The maximum Gasteiger partial charge on any atom is 0.269 e. The van der Waals surface area contributed by atoms with Crippen molar-refractivity contribution in [2.45, 2.75) is 46.6 Å². The van der Waals surface area contributed by atoms with Crippen LogP contribution in [0, 0.1) is 5.92 Å². The molecule has 2 aromatic rings. The number of hydrazine groups is 1. The van der Waals surface area contributed by atoms with Crippen molar-refractivity contribution in [3.8, 4) is 11.5 Å². The lowest BCUT2D eigenvalue weighted by molar-refractivity contribution is -0.121. The third-order valence-corrected chi connectivity index (χ3v) is 4.14. The molecule has 0 radical (unpaired) electrons. The minimum absolute atomic E-state index is 0.0118. The quantitative estimate of drug-likeness (QED) is 0.665. The molecule has 156 valence electrons. The van der Waals surface area contributed by atoms with Crippen LogP contribution in [0.2, 0.25) is 0 Å². The van der Waals surface area contributed by atoms with E-state index in [0.29, 0.717) is 23.0 Å². The van der Waals surface area contributed by atoms with Gasteiger partial charge in [-0.2, -0.15) is 0 Å². The van der Waals surface area contributed by atoms with Gasteiger partial charge in [-0.05, 0) is 55.5 Å². The van der Waals surface area contributed by atoms with Crippen molar-refractivity contribution in [3.05, 3.63) is 59.2 Å². The predicted molar refractivity (Wildman–Crippen MR) is 113 cm³/mol. The van der Waals surface area contributed by atoms with E-state index in [0.717, 1.165) is 12.0 Å². The zero-order valence-corrected chi connectivity index (χ0v) is 17.7. The number of hydrogen-bond donors (Lipinski definition) is 2. The van der Waals surface area contributed by atoms with Crippen molar-refractivity contribution in [1.29, 1.82) is 0 Å². The van der Waals surface area contributed by atoms with Crippen LogP contribution >= 0.6 is 0 Å². The average molecular weight is 399 g/mol. The van der Waals surface area contributed by atoms with E-state index in [1.165, 1.54) is 12.7 Å². The van der Waals surface area contributed by atoms with E-state index in [9.17, 15) is 9.59 Å². The number of amides is 2. The lowest BCUT2D eigenvalue weighted by Crippen LogP contribution is -2.42. The molecule has 2 amide bonds. The molecule has 0 aliphatic rings. The normalized spacial score (nSPS) is 10.7. The van der Waals surface area contributed by atoms with E-state index >= 15 is 0 Å². The second kappa shape index (κ2) is 10.5. The van der Waals surface area contributed by atoms with E-state index in [4.69, 9.17) is 9.47 Å². The van der Waals surface area contributed by atoms with Gasteiger partial charge in [-0.15, -0.1) is 0 Å².